The van der Waals surface area contributed by atoms with Gasteiger partial charge in [0.25, 0.3) is 5.91 Å². The molecule has 0 bridgehead atoms. The Morgan fingerprint density at radius 3 is 2.86 bits per heavy atom. The summed E-state index contributed by atoms with van der Waals surface area (Å²) in [5.41, 5.74) is 6.97. The third kappa shape index (κ3) is 3.82. The molecule has 4 heterocycles. The van der Waals surface area contributed by atoms with Gasteiger partial charge in [0.15, 0.2) is 0 Å². The van der Waals surface area contributed by atoms with Gasteiger partial charge in [0.05, 0.1) is 29.3 Å². The molecule has 0 atom stereocenters. The number of hydrogen-bond donors (Lipinski definition) is 4. The first-order valence-corrected chi connectivity index (χ1v) is 9.80. The van der Waals surface area contributed by atoms with E-state index in [-0.39, 0.29) is 5.69 Å². The molecule has 3 aromatic rings. The lowest BCUT2D eigenvalue weighted by Crippen LogP contribution is -2.36. The van der Waals surface area contributed by atoms with Crippen molar-refractivity contribution in [1.82, 2.24) is 20.2 Å². The molecule has 1 amide bonds. The van der Waals surface area contributed by atoms with Gasteiger partial charge in [-0.3, -0.25) is 9.89 Å². The van der Waals surface area contributed by atoms with Gasteiger partial charge in [-0.05, 0) is 13.0 Å². The zero-order chi connectivity index (χ0) is 20.4. The van der Waals surface area contributed by atoms with Crippen LogP contribution in [0.3, 0.4) is 0 Å². The molecule has 1 fully saturated rings. The van der Waals surface area contributed by atoms with Crippen LogP contribution in [0, 0.1) is 12.3 Å². The fraction of sp³-hybridized carbons (Fsp3) is 0.278. The average Bonchev–Trinajstić information content (AvgIpc) is 3.37. The zero-order valence-electron chi connectivity index (χ0n) is 15.7. The van der Waals surface area contributed by atoms with Gasteiger partial charge in [0.2, 0.25) is 0 Å². The molecule has 1 saturated heterocycles. The van der Waals surface area contributed by atoms with E-state index in [0.717, 1.165) is 10.8 Å². The second kappa shape index (κ2) is 7.97. The van der Waals surface area contributed by atoms with Crippen molar-refractivity contribution in [2.24, 2.45) is 5.73 Å². The van der Waals surface area contributed by atoms with E-state index < -0.39 is 5.91 Å². The number of thiazole rings is 1. The average molecular weight is 412 g/mol. The number of nitrogens with two attached hydrogens (primary N) is 1. The van der Waals surface area contributed by atoms with Gasteiger partial charge in [0.1, 0.15) is 23.1 Å². The number of anilines is 3. The normalized spacial score (nSPS) is 14.0. The molecule has 0 aromatic carbocycles. The van der Waals surface area contributed by atoms with Crippen LogP contribution < -0.4 is 16.0 Å². The van der Waals surface area contributed by atoms with E-state index in [1.54, 1.807) is 12.3 Å². The van der Waals surface area contributed by atoms with Crippen LogP contribution in [-0.4, -0.2) is 58.6 Å². The molecule has 0 unspecified atom stereocenters. The van der Waals surface area contributed by atoms with Crippen LogP contribution in [0.2, 0.25) is 0 Å². The summed E-state index contributed by atoms with van der Waals surface area (Å²) in [6, 6.07) is 3.64. The minimum Gasteiger partial charge on any atom is -0.378 e. The summed E-state index contributed by atoms with van der Waals surface area (Å²) in [6.45, 7) is 4.44. The number of aryl methyl sites for hydroxylation is 1. The van der Waals surface area contributed by atoms with Gasteiger partial charge in [-0.2, -0.15) is 5.10 Å². The van der Waals surface area contributed by atoms with E-state index in [0.29, 0.717) is 53.9 Å². The summed E-state index contributed by atoms with van der Waals surface area (Å²) in [5, 5.41) is 18.7. The van der Waals surface area contributed by atoms with E-state index in [1.165, 1.54) is 17.6 Å². The van der Waals surface area contributed by atoms with Crippen molar-refractivity contribution >= 4 is 40.9 Å². The summed E-state index contributed by atoms with van der Waals surface area (Å²) in [6.07, 6.45) is 2.83. The maximum absolute atomic E-state index is 12.0. The molecule has 1 aliphatic heterocycles. The van der Waals surface area contributed by atoms with Gasteiger partial charge in [-0.15, -0.1) is 11.3 Å². The van der Waals surface area contributed by atoms with Crippen molar-refractivity contribution in [3.8, 4) is 10.4 Å². The quantitative estimate of drug-likeness (QED) is 0.452. The molecule has 5 N–H and O–H groups in total. The third-order valence-corrected chi connectivity index (χ3v) is 5.49. The predicted octanol–water partition coefficient (Wildman–Crippen LogP) is 1.91. The lowest BCUT2D eigenvalue weighted by atomic mass is 10.1. The molecule has 4 rings (SSSR count). The summed E-state index contributed by atoms with van der Waals surface area (Å²) >= 11 is 1.36. The van der Waals surface area contributed by atoms with Crippen molar-refractivity contribution in [1.29, 1.82) is 5.41 Å². The van der Waals surface area contributed by atoms with Crippen LogP contribution in [0.5, 0.6) is 0 Å². The zero-order valence-corrected chi connectivity index (χ0v) is 16.5. The van der Waals surface area contributed by atoms with Gasteiger partial charge in [-0.25, -0.2) is 9.97 Å². The fourth-order valence-electron chi connectivity index (χ4n) is 3.15. The molecule has 0 saturated carbocycles. The topological polar surface area (TPSA) is 146 Å². The predicted molar refractivity (Wildman–Crippen MR) is 111 cm³/mol. The SMILES string of the molecule is Cc1nc(C(N)=O)c(-c2cc(N3CCOCC3)nc(Nc3ccn[nH]3)c2C=N)s1. The number of H-pyrrole nitrogens is 1. The molecule has 0 spiro atoms. The molecule has 1 aliphatic rings. The number of morpholine rings is 1. The first-order chi connectivity index (χ1) is 14.1. The van der Waals surface area contributed by atoms with Gasteiger partial charge < -0.3 is 26.1 Å². The third-order valence-electron chi connectivity index (χ3n) is 4.49. The minimum absolute atomic E-state index is 0.196. The second-order valence-electron chi connectivity index (χ2n) is 6.40. The highest BCUT2D eigenvalue weighted by molar-refractivity contribution is 7.15. The van der Waals surface area contributed by atoms with Gasteiger partial charge in [0, 0.05) is 36.5 Å². The monoisotopic (exact) mass is 412 g/mol. The summed E-state index contributed by atoms with van der Waals surface area (Å²) in [7, 11) is 0. The van der Waals surface area contributed by atoms with Crippen LogP contribution in [0.25, 0.3) is 10.4 Å². The van der Waals surface area contributed by atoms with Gasteiger partial charge in [-0.1, -0.05) is 0 Å². The first kappa shape index (κ1) is 19.0. The van der Waals surface area contributed by atoms with Crippen LogP contribution in [0.4, 0.5) is 17.5 Å². The number of aromatic nitrogens is 4. The van der Waals surface area contributed by atoms with Crippen molar-refractivity contribution in [3.05, 3.63) is 34.6 Å². The van der Waals surface area contributed by atoms with Crippen LogP contribution >= 0.6 is 11.3 Å². The Kier molecular flexibility index (Phi) is 5.23. The Bertz CT molecular complexity index is 1040. The van der Waals surface area contributed by atoms with E-state index in [1.807, 2.05) is 13.0 Å². The number of pyridine rings is 1. The highest BCUT2D eigenvalue weighted by Crippen LogP contribution is 2.37. The Morgan fingerprint density at radius 1 is 1.41 bits per heavy atom. The summed E-state index contributed by atoms with van der Waals surface area (Å²) in [4.78, 5) is 23.7. The van der Waals surface area contributed by atoms with Gasteiger partial charge >= 0.3 is 0 Å². The maximum Gasteiger partial charge on any atom is 0.268 e. The summed E-state index contributed by atoms with van der Waals surface area (Å²) in [5.74, 6) is 1.23. The highest BCUT2D eigenvalue weighted by atomic mass is 32.1. The number of amides is 1. The summed E-state index contributed by atoms with van der Waals surface area (Å²) < 4.78 is 5.45. The molecule has 0 aliphatic carbocycles. The standard InChI is InChI=1S/C18H20N8O2S/c1-10-22-15(17(20)27)16(29-10)11-8-14(26-4-6-28-7-5-26)24-18(12(11)9-19)23-13-2-3-21-25-13/h2-3,8-9,19H,4-7H2,1H3,(H2,20,27)(H2,21,23,24,25). The number of carbonyl (C=O) groups excluding carboxylic acids is 1. The first-order valence-electron chi connectivity index (χ1n) is 8.99. The number of nitrogens with zero attached hydrogens (tertiary/aromatic N) is 4. The largest absolute Gasteiger partial charge is 0.378 e. The smallest absolute Gasteiger partial charge is 0.268 e. The lowest BCUT2D eigenvalue weighted by molar-refractivity contribution is 0.0996. The number of hydrogen-bond acceptors (Lipinski definition) is 9. The number of ether oxygens (including phenoxy) is 1. The molecular formula is C18H20N8O2S. The van der Waals surface area contributed by atoms with Crippen molar-refractivity contribution in [2.75, 3.05) is 36.5 Å². The molecule has 10 nitrogen and oxygen atoms in total. The van der Waals surface area contributed by atoms with E-state index >= 15 is 0 Å². The molecule has 3 aromatic heterocycles. The van der Waals surface area contributed by atoms with E-state index in [9.17, 15) is 4.79 Å². The molecule has 0 radical (unpaired) electrons. The molecule has 150 valence electrons. The van der Waals surface area contributed by atoms with E-state index in [4.69, 9.17) is 20.9 Å². The van der Waals surface area contributed by atoms with Crippen molar-refractivity contribution in [3.63, 3.8) is 0 Å². The Labute approximate surface area is 170 Å². The lowest BCUT2D eigenvalue weighted by Gasteiger charge is -2.29. The molecule has 29 heavy (non-hydrogen) atoms. The fourth-order valence-corrected chi connectivity index (χ4v) is 4.11. The maximum atomic E-state index is 12.0. The molecular weight excluding hydrogens is 392 g/mol. The van der Waals surface area contributed by atoms with Crippen LogP contribution in [0.15, 0.2) is 18.3 Å². The number of aromatic amines is 1. The van der Waals surface area contributed by atoms with E-state index in [2.05, 4.69) is 25.4 Å². The number of carbonyl (C=O) groups is 1. The Balaban J connectivity index is 1.90. The highest BCUT2D eigenvalue weighted by Gasteiger charge is 2.23. The van der Waals surface area contributed by atoms with Crippen LogP contribution in [-0.2, 0) is 4.74 Å². The number of nitrogens with one attached hydrogen (secondary N) is 3. The van der Waals surface area contributed by atoms with Crippen molar-refractivity contribution in [2.45, 2.75) is 6.92 Å². The molecule has 11 heteroatoms. The number of primary amides is 1. The Hall–Kier alpha value is -3.31. The second-order valence-corrected chi connectivity index (χ2v) is 7.61. The van der Waals surface area contributed by atoms with Crippen molar-refractivity contribution < 1.29 is 9.53 Å². The van der Waals surface area contributed by atoms with Crippen LogP contribution in [0.1, 0.15) is 21.1 Å². The Morgan fingerprint density at radius 2 is 2.21 bits per heavy atom. The minimum atomic E-state index is -0.604. The number of rotatable bonds is 6.